The molecule has 0 radical (unpaired) electrons. The van der Waals surface area contributed by atoms with Crippen molar-refractivity contribution in [3.05, 3.63) is 71.0 Å². The summed E-state index contributed by atoms with van der Waals surface area (Å²) in [6.07, 6.45) is 6.60. The van der Waals surface area contributed by atoms with Crippen LogP contribution in [0.1, 0.15) is 11.1 Å². The lowest BCUT2D eigenvalue weighted by Crippen LogP contribution is -2.09. The smallest absolute Gasteiger partial charge is 0.249 e. The number of carbonyl (C=O) groups is 1. The van der Waals surface area contributed by atoms with Gasteiger partial charge in [0.25, 0.3) is 0 Å². The van der Waals surface area contributed by atoms with E-state index in [1.807, 2.05) is 31.2 Å². The Labute approximate surface area is 144 Å². The Morgan fingerprint density at radius 2 is 1.88 bits per heavy atom. The monoisotopic (exact) mass is 338 g/mol. The van der Waals surface area contributed by atoms with Gasteiger partial charge in [0.05, 0.1) is 5.69 Å². The molecule has 2 aromatic heterocycles. The number of amides is 1. The van der Waals surface area contributed by atoms with E-state index in [9.17, 15) is 4.79 Å². The van der Waals surface area contributed by atoms with Gasteiger partial charge in [0, 0.05) is 34.6 Å². The SMILES string of the molecule is Cc1c(NC(=O)C=Cc2ccc(Cl)cc2)n[nH]c1-c1ccncc1. The summed E-state index contributed by atoms with van der Waals surface area (Å²) >= 11 is 5.83. The number of aromatic nitrogens is 3. The quantitative estimate of drug-likeness (QED) is 0.704. The Hall–Kier alpha value is -2.92. The van der Waals surface area contributed by atoms with Crippen molar-refractivity contribution in [2.75, 3.05) is 5.32 Å². The van der Waals surface area contributed by atoms with Crippen LogP contribution in [0.15, 0.2) is 54.9 Å². The lowest BCUT2D eigenvalue weighted by molar-refractivity contribution is -0.111. The summed E-state index contributed by atoms with van der Waals surface area (Å²) < 4.78 is 0. The van der Waals surface area contributed by atoms with Crippen molar-refractivity contribution in [1.29, 1.82) is 0 Å². The molecule has 1 aromatic carbocycles. The van der Waals surface area contributed by atoms with E-state index in [0.29, 0.717) is 10.8 Å². The Bertz CT molecular complexity index is 870. The fourth-order valence-corrected chi connectivity index (χ4v) is 2.35. The minimum Gasteiger partial charge on any atom is -0.305 e. The van der Waals surface area contributed by atoms with Gasteiger partial charge in [-0.05, 0) is 42.8 Å². The maximum atomic E-state index is 12.1. The maximum Gasteiger partial charge on any atom is 0.249 e. The number of anilines is 1. The van der Waals surface area contributed by atoms with Crippen molar-refractivity contribution < 1.29 is 4.79 Å². The maximum absolute atomic E-state index is 12.1. The van der Waals surface area contributed by atoms with Crippen LogP contribution in [-0.4, -0.2) is 21.1 Å². The second kappa shape index (κ2) is 7.10. The number of halogens is 1. The Balaban J connectivity index is 1.71. The Morgan fingerprint density at radius 3 is 2.58 bits per heavy atom. The van der Waals surface area contributed by atoms with Gasteiger partial charge in [-0.3, -0.25) is 14.9 Å². The third-order valence-electron chi connectivity index (χ3n) is 3.52. The zero-order chi connectivity index (χ0) is 16.9. The summed E-state index contributed by atoms with van der Waals surface area (Å²) in [7, 11) is 0. The summed E-state index contributed by atoms with van der Waals surface area (Å²) in [6.45, 7) is 1.90. The molecule has 0 aliphatic rings. The minimum absolute atomic E-state index is 0.249. The average Bonchev–Trinajstić information content (AvgIpc) is 2.96. The third-order valence-corrected chi connectivity index (χ3v) is 3.77. The predicted molar refractivity (Wildman–Crippen MR) is 95.7 cm³/mol. The normalized spacial score (nSPS) is 10.9. The first-order chi connectivity index (χ1) is 11.6. The van der Waals surface area contributed by atoms with E-state index in [1.54, 1.807) is 30.6 Å². The van der Waals surface area contributed by atoms with E-state index in [4.69, 9.17) is 11.6 Å². The van der Waals surface area contributed by atoms with Crippen molar-refractivity contribution in [2.24, 2.45) is 0 Å². The summed E-state index contributed by atoms with van der Waals surface area (Å²) in [5.74, 6) is 0.258. The number of nitrogens with zero attached hydrogens (tertiary/aromatic N) is 2. The van der Waals surface area contributed by atoms with Gasteiger partial charge >= 0.3 is 0 Å². The molecule has 0 bridgehead atoms. The van der Waals surface area contributed by atoms with Gasteiger partial charge in [0.2, 0.25) is 5.91 Å². The molecule has 1 amide bonds. The van der Waals surface area contributed by atoms with E-state index in [0.717, 1.165) is 22.4 Å². The highest BCUT2D eigenvalue weighted by atomic mass is 35.5. The minimum atomic E-state index is -0.249. The summed E-state index contributed by atoms with van der Waals surface area (Å²) in [4.78, 5) is 16.1. The second-order valence-corrected chi connectivity index (χ2v) is 5.62. The van der Waals surface area contributed by atoms with Gasteiger partial charge < -0.3 is 5.32 Å². The standard InChI is InChI=1S/C18H15ClN4O/c1-12-17(14-8-10-20-11-9-14)22-23-18(12)21-16(24)7-4-13-2-5-15(19)6-3-13/h2-11H,1H3,(H2,21,22,23,24). The van der Waals surface area contributed by atoms with Gasteiger partial charge in [-0.15, -0.1) is 0 Å². The molecule has 0 fully saturated rings. The van der Waals surface area contributed by atoms with Crippen LogP contribution >= 0.6 is 11.6 Å². The highest BCUT2D eigenvalue weighted by molar-refractivity contribution is 6.30. The first kappa shape index (κ1) is 16.0. The number of carbonyl (C=O) groups excluding carboxylic acids is 1. The van der Waals surface area contributed by atoms with Gasteiger partial charge in [-0.25, -0.2) is 0 Å². The molecule has 5 nitrogen and oxygen atoms in total. The molecule has 2 N–H and O–H groups in total. The van der Waals surface area contributed by atoms with Crippen molar-refractivity contribution >= 4 is 29.4 Å². The molecular formula is C18H15ClN4O. The zero-order valence-corrected chi connectivity index (χ0v) is 13.7. The van der Waals surface area contributed by atoms with Crippen molar-refractivity contribution in [3.63, 3.8) is 0 Å². The largest absolute Gasteiger partial charge is 0.305 e. The van der Waals surface area contributed by atoms with Crippen LogP contribution in [0.25, 0.3) is 17.3 Å². The lowest BCUT2D eigenvalue weighted by Gasteiger charge is -2.01. The molecule has 0 unspecified atom stereocenters. The Morgan fingerprint density at radius 1 is 1.17 bits per heavy atom. The van der Waals surface area contributed by atoms with Crippen LogP contribution in [0.3, 0.4) is 0 Å². The van der Waals surface area contributed by atoms with Crippen molar-refractivity contribution in [3.8, 4) is 11.3 Å². The van der Waals surface area contributed by atoms with E-state index in [-0.39, 0.29) is 5.91 Å². The Kier molecular flexibility index (Phi) is 4.72. The van der Waals surface area contributed by atoms with Crippen LogP contribution in [-0.2, 0) is 4.79 Å². The number of rotatable bonds is 4. The van der Waals surface area contributed by atoms with Crippen molar-refractivity contribution in [1.82, 2.24) is 15.2 Å². The molecule has 0 saturated carbocycles. The molecule has 0 saturated heterocycles. The molecule has 0 aliphatic carbocycles. The molecular weight excluding hydrogens is 324 g/mol. The molecule has 0 spiro atoms. The van der Waals surface area contributed by atoms with Crippen LogP contribution < -0.4 is 5.32 Å². The lowest BCUT2D eigenvalue weighted by atomic mass is 10.1. The summed E-state index contributed by atoms with van der Waals surface area (Å²) in [5, 5.41) is 10.5. The van der Waals surface area contributed by atoms with E-state index in [2.05, 4.69) is 20.5 Å². The second-order valence-electron chi connectivity index (χ2n) is 5.18. The molecule has 120 valence electrons. The summed E-state index contributed by atoms with van der Waals surface area (Å²) in [6, 6.07) is 11.0. The van der Waals surface area contributed by atoms with Gasteiger partial charge in [-0.2, -0.15) is 5.10 Å². The van der Waals surface area contributed by atoms with Gasteiger partial charge in [0.15, 0.2) is 5.82 Å². The fourth-order valence-electron chi connectivity index (χ4n) is 2.22. The molecule has 3 aromatic rings. The molecule has 6 heteroatoms. The molecule has 24 heavy (non-hydrogen) atoms. The van der Waals surface area contributed by atoms with Crippen LogP contribution in [0.2, 0.25) is 5.02 Å². The predicted octanol–water partition coefficient (Wildman–Crippen LogP) is 4.09. The van der Waals surface area contributed by atoms with Gasteiger partial charge in [-0.1, -0.05) is 23.7 Å². The first-order valence-corrected chi connectivity index (χ1v) is 7.71. The molecule has 2 heterocycles. The number of hydrogen-bond donors (Lipinski definition) is 2. The fraction of sp³-hybridized carbons (Fsp3) is 0.0556. The first-order valence-electron chi connectivity index (χ1n) is 7.33. The van der Waals surface area contributed by atoms with Crippen molar-refractivity contribution in [2.45, 2.75) is 6.92 Å². The number of benzene rings is 1. The number of hydrogen-bond acceptors (Lipinski definition) is 3. The van der Waals surface area contributed by atoms with Crippen LogP contribution in [0.5, 0.6) is 0 Å². The van der Waals surface area contributed by atoms with Crippen LogP contribution in [0, 0.1) is 6.92 Å². The van der Waals surface area contributed by atoms with E-state index < -0.39 is 0 Å². The third kappa shape index (κ3) is 3.70. The molecule has 0 atom stereocenters. The molecule has 0 aliphatic heterocycles. The van der Waals surface area contributed by atoms with E-state index >= 15 is 0 Å². The van der Waals surface area contributed by atoms with E-state index in [1.165, 1.54) is 6.08 Å². The molecule has 3 rings (SSSR count). The topological polar surface area (TPSA) is 70.7 Å². The number of pyridine rings is 1. The number of H-pyrrole nitrogens is 1. The summed E-state index contributed by atoms with van der Waals surface area (Å²) in [5.41, 5.74) is 3.59. The highest BCUT2D eigenvalue weighted by Gasteiger charge is 2.11. The number of nitrogens with one attached hydrogen (secondary N) is 2. The average molecular weight is 339 g/mol. The van der Waals surface area contributed by atoms with Gasteiger partial charge in [0.1, 0.15) is 0 Å². The van der Waals surface area contributed by atoms with Crippen LogP contribution in [0.4, 0.5) is 5.82 Å². The zero-order valence-electron chi connectivity index (χ0n) is 13.0. The number of aromatic amines is 1. The highest BCUT2D eigenvalue weighted by Crippen LogP contribution is 2.25.